The Hall–Kier alpha value is -1.22. The molecule has 3 nitrogen and oxygen atoms in total. The summed E-state index contributed by atoms with van der Waals surface area (Å²) in [6.07, 6.45) is 5.18. The van der Waals surface area contributed by atoms with Gasteiger partial charge in [-0.2, -0.15) is 0 Å². The summed E-state index contributed by atoms with van der Waals surface area (Å²) in [4.78, 5) is 0. The van der Waals surface area contributed by atoms with E-state index in [1.807, 2.05) is 13.1 Å². The summed E-state index contributed by atoms with van der Waals surface area (Å²) in [5, 5.41) is 3.24. The Bertz CT molecular complexity index is 425. The first-order valence-corrected chi connectivity index (χ1v) is 7.66. The molecule has 0 radical (unpaired) electrons. The second-order valence-electron chi connectivity index (χ2n) is 5.92. The molecule has 1 fully saturated rings. The topological polar surface area (TPSA) is 30.5 Å². The maximum atomic E-state index is 6.15. The van der Waals surface area contributed by atoms with Gasteiger partial charge in [0.2, 0.25) is 0 Å². The van der Waals surface area contributed by atoms with E-state index in [4.69, 9.17) is 9.47 Å². The van der Waals surface area contributed by atoms with Crippen LogP contribution < -0.4 is 14.8 Å². The molecular weight excluding hydrogens is 250 g/mol. The van der Waals surface area contributed by atoms with Crippen molar-refractivity contribution in [3.05, 3.63) is 23.8 Å². The van der Waals surface area contributed by atoms with Crippen LogP contribution in [-0.4, -0.2) is 20.3 Å². The molecule has 1 saturated carbocycles. The molecule has 0 heterocycles. The molecule has 0 amide bonds. The minimum Gasteiger partial charge on any atom is -0.493 e. The third kappa shape index (κ3) is 3.66. The van der Waals surface area contributed by atoms with Crippen molar-refractivity contribution in [1.82, 2.24) is 5.32 Å². The predicted octanol–water partition coefficient (Wildman–Crippen LogP) is 3.93. The van der Waals surface area contributed by atoms with Crippen LogP contribution in [0.5, 0.6) is 11.5 Å². The molecule has 0 saturated heterocycles. The van der Waals surface area contributed by atoms with Crippen molar-refractivity contribution in [2.45, 2.75) is 51.7 Å². The van der Waals surface area contributed by atoms with Crippen molar-refractivity contribution in [2.75, 3.05) is 14.2 Å². The molecule has 3 heteroatoms. The zero-order valence-corrected chi connectivity index (χ0v) is 13.1. The molecular formula is C17H27NO2. The zero-order valence-electron chi connectivity index (χ0n) is 13.1. The van der Waals surface area contributed by atoms with E-state index in [-0.39, 0.29) is 0 Å². The van der Waals surface area contributed by atoms with Crippen LogP contribution in [0, 0.1) is 5.92 Å². The highest BCUT2D eigenvalue weighted by Crippen LogP contribution is 2.34. The van der Waals surface area contributed by atoms with Gasteiger partial charge in [-0.25, -0.2) is 0 Å². The number of rotatable bonds is 5. The van der Waals surface area contributed by atoms with Crippen LogP contribution in [0.15, 0.2) is 18.2 Å². The van der Waals surface area contributed by atoms with E-state index >= 15 is 0 Å². The number of nitrogens with one attached hydrogen (secondary N) is 1. The van der Waals surface area contributed by atoms with Gasteiger partial charge in [-0.3, -0.25) is 0 Å². The van der Waals surface area contributed by atoms with Crippen molar-refractivity contribution in [2.24, 2.45) is 5.92 Å². The highest BCUT2D eigenvalue weighted by molar-refractivity contribution is 5.44. The van der Waals surface area contributed by atoms with Gasteiger partial charge in [0.15, 0.2) is 11.5 Å². The summed E-state index contributed by atoms with van der Waals surface area (Å²) < 4.78 is 11.6. The number of methoxy groups -OCH3 is 1. The Morgan fingerprint density at radius 3 is 2.45 bits per heavy atom. The summed E-state index contributed by atoms with van der Waals surface area (Å²) in [7, 11) is 3.67. The maximum Gasteiger partial charge on any atom is 0.161 e. The van der Waals surface area contributed by atoms with Gasteiger partial charge in [0, 0.05) is 6.04 Å². The monoisotopic (exact) mass is 277 g/mol. The highest BCUT2D eigenvalue weighted by Gasteiger charge is 2.21. The van der Waals surface area contributed by atoms with E-state index in [1.165, 1.54) is 18.4 Å². The van der Waals surface area contributed by atoms with E-state index in [1.54, 1.807) is 7.11 Å². The average Bonchev–Trinajstić information content (AvgIpc) is 2.49. The SMILES string of the molecule is CNC(C)c1ccc(OC2CCC(C)CC2)c(OC)c1. The fraction of sp³-hybridized carbons (Fsp3) is 0.647. The van der Waals surface area contributed by atoms with Crippen molar-refractivity contribution in [1.29, 1.82) is 0 Å². The predicted molar refractivity (Wildman–Crippen MR) is 82.5 cm³/mol. The van der Waals surface area contributed by atoms with Crippen LogP contribution in [0.2, 0.25) is 0 Å². The van der Waals surface area contributed by atoms with Gasteiger partial charge in [-0.1, -0.05) is 13.0 Å². The van der Waals surface area contributed by atoms with E-state index in [2.05, 4.69) is 31.3 Å². The lowest BCUT2D eigenvalue weighted by Gasteiger charge is -2.27. The lowest BCUT2D eigenvalue weighted by Crippen LogP contribution is -2.23. The fourth-order valence-electron chi connectivity index (χ4n) is 2.74. The van der Waals surface area contributed by atoms with Crippen LogP contribution >= 0.6 is 0 Å². The van der Waals surface area contributed by atoms with Crippen LogP contribution in [0.4, 0.5) is 0 Å². The Morgan fingerprint density at radius 2 is 1.85 bits per heavy atom. The molecule has 0 spiro atoms. The molecule has 1 aliphatic carbocycles. The van der Waals surface area contributed by atoms with Crippen LogP contribution in [-0.2, 0) is 0 Å². The Kier molecular flexibility index (Phi) is 5.30. The normalized spacial score (nSPS) is 24.2. The van der Waals surface area contributed by atoms with Crippen LogP contribution in [0.3, 0.4) is 0 Å². The minimum absolute atomic E-state index is 0.313. The quantitative estimate of drug-likeness (QED) is 0.884. The van der Waals surface area contributed by atoms with Gasteiger partial charge in [-0.05, 0) is 63.3 Å². The van der Waals surface area contributed by atoms with E-state index < -0.39 is 0 Å². The summed E-state index contributed by atoms with van der Waals surface area (Å²) in [5.41, 5.74) is 1.22. The lowest BCUT2D eigenvalue weighted by molar-refractivity contribution is 0.131. The van der Waals surface area contributed by atoms with Gasteiger partial charge in [0.05, 0.1) is 13.2 Å². The molecule has 1 unspecified atom stereocenters. The van der Waals surface area contributed by atoms with Crippen LogP contribution in [0.25, 0.3) is 0 Å². The molecule has 0 aromatic heterocycles. The smallest absolute Gasteiger partial charge is 0.161 e. The first kappa shape index (κ1) is 15.2. The molecule has 1 aliphatic rings. The Balaban J connectivity index is 2.07. The number of hydrogen-bond acceptors (Lipinski definition) is 3. The highest BCUT2D eigenvalue weighted by atomic mass is 16.5. The summed E-state index contributed by atoms with van der Waals surface area (Å²) in [5.74, 6) is 2.55. The number of benzene rings is 1. The maximum absolute atomic E-state index is 6.15. The second kappa shape index (κ2) is 6.98. The van der Waals surface area contributed by atoms with Crippen molar-refractivity contribution in [3.8, 4) is 11.5 Å². The molecule has 1 aromatic carbocycles. The molecule has 0 aliphatic heterocycles. The summed E-state index contributed by atoms with van der Waals surface area (Å²) in [6, 6.07) is 6.54. The molecule has 20 heavy (non-hydrogen) atoms. The number of ether oxygens (including phenoxy) is 2. The fourth-order valence-corrected chi connectivity index (χ4v) is 2.74. The molecule has 2 rings (SSSR count). The van der Waals surface area contributed by atoms with Gasteiger partial charge >= 0.3 is 0 Å². The average molecular weight is 277 g/mol. The van der Waals surface area contributed by atoms with Crippen molar-refractivity contribution in [3.63, 3.8) is 0 Å². The first-order chi connectivity index (χ1) is 9.63. The molecule has 1 aromatic rings. The molecule has 0 bridgehead atoms. The van der Waals surface area contributed by atoms with E-state index in [0.717, 1.165) is 30.3 Å². The Labute approximate surface area is 122 Å². The van der Waals surface area contributed by atoms with Crippen LogP contribution in [0.1, 0.15) is 51.1 Å². The number of hydrogen-bond donors (Lipinski definition) is 1. The summed E-state index contributed by atoms with van der Waals surface area (Å²) >= 11 is 0. The van der Waals surface area contributed by atoms with Gasteiger partial charge in [0.1, 0.15) is 0 Å². The third-order valence-electron chi connectivity index (χ3n) is 4.38. The lowest BCUT2D eigenvalue weighted by atomic mass is 9.89. The van der Waals surface area contributed by atoms with Crippen molar-refractivity contribution < 1.29 is 9.47 Å². The third-order valence-corrected chi connectivity index (χ3v) is 4.38. The second-order valence-corrected chi connectivity index (χ2v) is 5.92. The zero-order chi connectivity index (χ0) is 14.5. The molecule has 112 valence electrons. The standard InChI is InChI=1S/C17H27NO2/c1-12-5-8-15(9-6-12)20-16-10-7-14(13(2)18-3)11-17(16)19-4/h7,10-13,15,18H,5-6,8-9H2,1-4H3. The minimum atomic E-state index is 0.313. The Morgan fingerprint density at radius 1 is 1.15 bits per heavy atom. The summed E-state index contributed by atoms with van der Waals surface area (Å²) in [6.45, 7) is 4.46. The van der Waals surface area contributed by atoms with Gasteiger partial charge < -0.3 is 14.8 Å². The van der Waals surface area contributed by atoms with E-state index in [0.29, 0.717) is 12.1 Å². The van der Waals surface area contributed by atoms with Gasteiger partial charge in [-0.15, -0.1) is 0 Å². The van der Waals surface area contributed by atoms with Gasteiger partial charge in [0.25, 0.3) is 0 Å². The first-order valence-electron chi connectivity index (χ1n) is 7.66. The van der Waals surface area contributed by atoms with Crippen molar-refractivity contribution >= 4 is 0 Å². The molecule has 1 atom stereocenters. The molecule has 1 N–H and O–H groups in total. The van der Waals surface area contributed by atoms with E-state index in [9.17, 15) is 0 Å². The largest absolute Gasteiger partial charge is 0.493 e.